The molecule has 1 amide bonds. The van der Waals surface area contributed by atoms with Gasteiger partial charge in [-0.15, -0.1) is 0 Å². The van der Waals surface area contributed by atoms with Gasteiger partial charge in [0, 0.05) is 13.6 Å². The number of aliphatic carboxylic acids is 2. The molecular weight excluding hydrogens is 362 g/mol. The van der Waals surface area contributed by atoms with E-state index in [4.69, 9.17) is 31.4 Å². The van der Waals surface area contributed by atoms with Gasteiger partial charge in [-0.3, -0.25) is 4.79 Å². The zero-order chi connectivity index (χ0) is 19.3. The van der Waals surface area contributed by atoms with E-state index in [0.717, 1.165) is 31.6 Å². The number of amides is 1. The normalized spacial score (nSPS) is 19.5. The molecule has 0 bridgehead atoms. The highest BCUT2D eigenvalue weighted by molar-refractivity contribution is 6.29. The van der Waals surface area contributed by atoms with E-state index in [-0.39, 0.29) is 5.91 Å². The monoisotopic (exact) mass is 383 g/mol. The van der Waals surface area contributed by atoms with Crippen molar-refractivity contribution >= 4 is 29.4 Å². The number of carbonyl (C=O) groups is 3. The molecule has 1 atom stereocenters. The van der Waals surface area contributed by atoms with E-state index in [1.165, 1.54) is 19.5 Å². The smallest absolute Gasteiger partial charge is 0.414 e. The minimum absolute atomic E-state index is 0.0654. The van der Waals surface area contributed by atoms with Gasteiger partial charge >= 0.3 is 11.9 Å². The zero-order valence-electron chi connectivity index (χ0n) is 14.5. The fourth-order valence-electron chi connectivity index (χ4n) is 3.00. The van der Waals surface area contributed by atoms with Crippen molar-refractivity contribution in [2.24, 2.45) is 5.92 Å². The summed E-state index contributed by atoms with van der Waals surface area (Å²) in [7, 11) is 1.88. The van der Waals surface area contributed by atoms with E-state index in [2.05, 4.69) is 9.88 Å². The minimum Gasteiger partial charge on any atom is -0.473 e. The van der Waals surface area contributed by atoms with Crippen LogP contribution in [-0.4, -0.2) is 76.1 Å². The van der Waals surface area contributed by atoms with Gasteiger partial charge in [0.05, 0.1) is 11.3 Å². The molecule has 8 nitrogen and oxygen atoms in total. The second kappa shape index (κ2) is 8.95. The molecule has 2 N–H and O–H groups in total. The number of rotatable bonds is 3. The van der Waals surface area contributed by atoms with Crippen molar-refractivity contribution in [1.29, 1.82) is 0 Å². The number of fused-ring (bicyclic) bond motifs is 1. The summed E-state index contributed by atoms with van der Waals surface area (Å²) in [5, 5.41) is 15.3. The molecule has 3 rings (SSSR count). The number of nitrogens with zero attached hydrogens (tertiary/aromatic N) is 3. The van der Waals surface area contributed by atoms with Gasteiger partial charge < -0.3 is 20.0 Å². The lowest BCUT2D eigenvalue weighted by Gasteiger charge is -2.32. The fourth-order valence-corrected chi connectivity index (χ4v) is 3.17. The highest BCUT2D eigenvalue weighted by Gasteiger charge is 2.27. The molecule has 1 aromatic rings. The summed E-state index contributed by atoms with van der Waals surface area (Å²) >= 11 is 5.98. The van der Waals surface area contributed by atoms with Crippen molar-refractivity contribution in [3.8, 4) is 0 Å². The van der Waals surface area contributed by atoms with Gasteiger partial charge in [0.15, 0.2) is 0 Å². The molecule has 1 saturated heterocycles. The van der Waals surface area contributed by atoms with E-state index >= 15 is 0 Å². The Balaban J connectivity index is 0.000000352. The fraction of sp³-hybridized carbons (Fsp3) is 0.529. The molecule has 26 heavy (non-hydrogen) atoms. The SMILES string of the molecule is CN1CC(CCN2CCC2)Cc2nc(Cl)ccc2C1=O.O=C(O)C(=O)O. The number of likely N-dealkylation sites (tertiary alicyclic amines) is 1. The maximum Gasteiger partial charge on any atom is 0.414 e. The van der Waals surface area contributed by atoms with E-state index in [0.29, 0.717) is 16.6 Å². The first-order chi connectivity index (χ1) is 12.3. The summed E-state index contributed by atoms with van der Waals surface area (Å²) in [6.07, 6.45) is 3.29. The highest BCUT2D eigenvalue weighted by atomic mass is 35.5. The molecule has 1 fully saturated rings. The van der Waals surface area contributed by atoms with Gasteiger partial charge in [0.2, 0.25) is 0 Å². The number of carboxylic acids is 2. The molecule has 0 radical (unpaired) electrons. The van der Waals surface area contributed by atoms with Crippen molar-refractivity contribution in [2.75, 3.05) is 33.2 Å². The Kier molecular flexibility index (Phi) is 6.93. The Bertz CT molecular complexity index is 681. The summed E-state index contributed by atoms with van der Waals surface area (Å²) in [4.78, 5) is 39.2. The Morgan fingerprint density at radius 1 is 1.27 bits per heavy atom. The number of halogens is 1. The van der Waals surface area contributed by atoms with Gasteiger partial charge in [0.25, 0.3) is 5.91 Å². The second-order valence-electron chi connectivity index (χ2n) is 6.48. The van der Waals surface area contributed by atoms with Gasteiger partial charge in [0.1, 0.15) is 5.15 Å². The number of hydrogen-bond acceptors (Lipinski definition) is 5. The Labute approximate surface area is 156 Å². The number of hydrogen-bond donors (Lipinski definition) is 2. The second-order valence-corrected chi connectivity index (χ2v) is 6.87. The standard InChI is InChI=1S/C15H20ClN3O.C2H2O4/c1-18-10-11(5-8-19-6-2-7-19)9-13-12(15(18)20)3-4-14(16)17-13;3-1(4)2(5)6/h3-4,11H,2,5-10H2,1H3;(H,3,4)(H,5,6). The van der Waals surface area contributed by atoms with Gasteiger partial charge in [-0.1, -0.05) is 11.6 Å². The Hall–Kier alpha value is -2.19. The van der Waals surface area contributed by atoms with Crippen molar-refractivity contribution in [2.45, 2.75) is 19.3 Å². The lowest BCUT2D eigenvalue weighted by Crippen LogP contribution is -2.39. The molecular formula is C17H22ClN3O5. The summed E-state index contributed by atoms with van der Waals surface area (Å²) in [5.41, 5.74) is 1.57. The summed E-state index contributed by atoms with van der Waals surface area (Å²) in [6, 6.07) is 3.51. The highest BCUT2D eigenvalue weighted by Crippen LogP contribution is 2.24. The van der Waals surface area contributed by atoms with Crippen LogP contribution in [0.15, 0.2) is 12.1 Å². The summed E-state index contributed by atoms with van der Waals surface area (Å²) in [6.45, 7) is 4.38. The van der Waals surface area contributed by atoms with Gasteiger partial charge in [-0.25, -0.2) is 14.6 Å². The maximum atomic E-state index is 12.3. The average Bonchev–Trinajstić information content (AvgIpc) is 2.63. The average molecular weight is 384 g/mol. The van der Waals surface area contributed by atoms with Crippen LogP contribution in [-0.2, 0) is 16.0 Å². The first-order valence-corrected chi connectivity index (χ1v) is 8.75. The molecule has 0 spiro atoms. The van der Waals surface area contributed by atoms with E-state index in [1.807, 2.05) is 11.9 Å². The molecule has 3 heterocycles. The van der Waals surface area contributed by atoms with Crippen molar-refractivity contribution in [1.82, 2.24) is 14.8 Å². The van der Waals surface area contributed by atoms with Gasteiger partial charge in [-0.05, 0) is 56.9 Å². The molecule has 9 heteroatoms. The molecule has 2 aliphatic heterocycles. The van der Waals surface area contributed by atoms with Crippen LogP contribution in [0.3, 0.4) is 0 Å². The predicted molar refractivity (Wildman–Crippen MR) is 94.3 cm³/mol. The quantitative estimate of drug-likeness (QED) is 0.596. The van der Waals surface area contributed by atoms with Gasteiger partial charge in [-0.2, -0.15) is 0 Å². The van der Waals surface area contributed by atoms with Crippen LogP contribution in [0.2, 0.25) is 5.15 Å². The topological polar surface area (TPSA) is 111 Å². The Morgan fingerprint density at radius 3 is 2.46 bits per heavy atom. The lowest BCUT2D eigenvalue weighted by molar-refractivity contribution is -0.159. The number of aromatic nitrogens is 1. The van der Waals surface area contributed by atoms with E-state index in [9.17, 15) is 4.79 Å². The number of carboxylic acid groups (broad SMARTS) is 2. The molecule has 2 aliphatic rings. The van der Waals surface area contributed by atoms with Crippen molar-refractivity contribution in [3.63, 3.8) is 0 Å². The Morgan fingerprint density at radius 2 is 1.92 bits per heavy atom. The zero-order valence-corrected chi connectivity index (χ0v) is 15.3. The molecule has 0 aliphatic carbocycles. The summed E-state index contributed by atoms with van der Waals surface area (Å²) < 4.78 is 0. The predicted octanol–water partition coefficient (Wildman–Crippen LogP) is 1.23. The minimum atomic E-state index is -1.82. The van der Waals surface area contributed by atoms with Crippen LogP contribution in [0.4, 0.5) is 0 Å². The van der Waals surface area contributed by atoms with Crippen LogP contribution in [0.1, 0.15) is 28.9 Å². The lowest BCUT2D eigenvalue weighted by atomic mass is 9.97. The maximum absolute atomic E-state index is 12.3. The third-order valence-electron chi connectivity index (χ3n) is 4.52. The summed E-state index contributed by atoms with van der Waals surface area (Å²) in [5.74, 6) is -3.11. The molecule has 1 unspecified atom stereocenters. The van der Waals surface area contributed by atoms with Crippen molar-refractivity contribution < 1.29 is 24.6 Å². The van der Waals surface area contributed by atoms with Crippen LogP contribution in [0.25, 0.3) is 0 Å². The molecule has 0 aromatic carbocycles. The molecule has 1 aromatic heterocycles. The van der Waals surface area contributed by atoms with E-state index < -0.39 is 11.9 Å². The first-order valence-electron chi connectivity index (χ1n) is 8.37. The van der Waals surface area contributed by atoms with E-state index in [1.54, 1.807) is 12.1 Å². The van der Waals surface area contributed by atoms with Crippen LogP contribution in [0, 0.1) is 5.92 Å². The van der Waals surface area contributed by atoms with Crippen LogP contribution >= 0.6 is 11.6 Å². The number of carbonyl (C=O) groups excluding carboxylic acids is 1. The van der Waals surface area contributed by atoms with Crippen LogP contribution < -0.4 is 0 Å². The largest absolute Gasteiger partial charge is 0.473 e. The molecule has 0 saturated carbocycles. The molecule has 142 valence electrons. The van der Waals surface area contributed by atoms with Crippen molar-refractivity contribution in [3.05, 3.63) is 28.5 Å². The third-order valence-corrected chi connectivity index (χ3v) is 4.73. The van der Waals surface area contributed by atoms with Crippen LogP contribution in [0.5, 0.6) is 0 Å². The first kappa shape index (κ1) is 20.1. The third kappa shape index (κ3) is 5.40. The number of pyridine rings is 1.